The van der Waals surface area contributed by atoms with Crippen molar-refractivity contribution in [2.45, 2.75) is 12.4 Å². The van der Waals surface area contributed by atoms with Crippen molar-refractivity contribution in [2.75, 3.05) is 11.3 Å². The number of halogens is 6. The van der Waals surface area contributed by atoms with Crippen LogP contribution in [0.4, 0.5) is 32.0 Å². The molecule has 0 bridgehead atoms. The molecule has 0 saturated heterocycles. The number of benzene rings is 1. The zero-order valence-electron chi connectivity index (χ0n) is 9.88. The van der Waals surface area contributed by atoms with Gasteiger partial charge >= 0.3 is 12.4 Å². The third-order valence-electron chi connectivity index (χ3n) is 2.03. The smallest absolute Gasteiger partial charge is 0.416 e. The Balaban J connectivity index is 2.97. The summed E-state index contributed by atoms with van der Waals surface area (Å²) >= 11 is 0. The fourth-order valence-electron chi connectivity index (χ4n) is 1.15. The Morgan fingerprint density at radius 1 is 1.10 bits per heavy atom. The molecule has 0 heterocycles. The van der Waals surface area contributed by atoms with Crippen LogP contribution in [0.15, 0.2) is 18.2 Å². The summed E-state index contributed by atoms with van der Waals surface area (Å²) in [6.45, 7) is -1.91. The molecule has 1 aromatic carbocycles. The molecular formula is C9H8F6N2O3S. The third kappa shape index (κ3) is 5.67. The maximum atomic E-state index is 12.4. The Morgan fingerprint density at radius 3 is 2.14 bits per heavy atom. The number of aromatic hydroxyl groups is 1. The van der Waals surface area contributed by atoms with Crippen molar-refractivity contribution in [2.24, 2.45) is 0 Å². The normalized spacial score (nSPS) is 13.2. The average molecular weight is 338 g/mol. The molecule has 0 unspecified atom stereocenters. The van der Waals surface area contributed by atoms with Gasteiger partial charge in [-0.1, -0.05) is 0 Å². The second-order valence-corrected chi connectivity index (χ2v) is 5.27. The van der Waals surface area contributed by atoms with Crippen LogP contribution in [0.5, 0.6) is 5.75 Å². The van der Waals surface area contributed by atoms with E-state index in [0.29, 0.717) is 12.1 Å². The molecular weight excluding hydrogens is 330 g/mol. The summed E-state index contributed by atoms with van der Waals surface area (Å²) in [7, 11) is -4.80. The highest BCUT2D eigenvalue weighted by atomic mass is 32.2. The van der Waals surface area contributed by atoms with Gasteiger partial charge in [0.1, 0.15) is 12.3 Å². The molecule has 0 aliphatic heterocycles. The first-order chi connectivity index (χ1) is 9.30. The number of anilines is 1. The first-order valence-electron chi connectivity index (χ1n) is 5.04. The lowest BCUT2D eigenvalue weighted by atomic mass is 10.2. The number of rotatable bonds is 4. The van der Waals surface area contributed by atoms with Gasteiger partial charge in [0.05, 0.1) is 11.3 Å². The van der Waals surface area contributed by atoms with E-state index in [-0.39, 0.29) is 6.07 Å². The van der Waals surface area contributed by atoms with E-state index in [1.54, 1.807) is 0 Å². The summed E-state index contributed by atoms with van der Waals surface area (Å²) in [5, 5.41) is 9.25. The lowest BCUT2D eigenvalue weighted by Crippen LogP contribution is -2.37. The molecule has 5 nitrogen and oxygen atoms in total. The Hall–Kier alpha value is -1.69. The average Bonchev–Trinajstić information content (AvgIpc) is 2.27. The molecule has 3 N–H and O–H groups in total. The van der Waals surface area contributed by atoms with Crippen LogP contribution in [-0.2, 0) is 16.4 Å². The Bertz CT molecular complexity index is 611. The molecule has 1 rings (SSSR count). The fraction of sp³-hybridized carbons (Fsp3) is 0.333. The third-order valence-corrected chi connectivity index (χ3v) is 3.04. The van der Waals surface area contributed by atoms with Crippen molar-refractivity contribution in [3.05, 3.63) is 23.8 Å². The van der Waals surface area contributed by atoms with Gasteiger partial charge in [0.2, 0.25) is 0 Å². The molecule has 0 spiro atoms. The lowest BCUT2D eigenvalue weighted by Gasteiger charge is -2.14. The first kappa shape index (κ1) is 17.4. The fourth-order valence-corrected chi connectivity index (χ4v) is 2.03. The number of alkyl halides is 6. The van der Waals surface area contributed by atoms with E-state index in [0.717, 1.165) is 4.72 Å². The molecule has 0 atom stereocenters. The van der Waals surface area contributed by atoms with E-state index < -0.39 is 46.1 Å². The highest BCUT2D eigenvalue weighted by Gasteiger charge is 2.32. The van der Waals surface area contributed by atoms with Crippen molar-refractivity contribution in [3.8, 4) is 5.75 Å². The van der Waals surface area contributed by atoms with Crippen molar-refractivity contribution in [3.63, 3.8) is 0 Å². The molecule has 0 aromatic heterocycles. The van der Waals surface area contributed by atoms with Gasteiger partial charge in [0.15, 0.2) is 0 Å². The molecule has 0 radical (unpaired) electrons. The van der Waals surface area contributed by atoms with E-state index in [1.807, 2.05) is 0 Å². The van der Waals surface area contributed by atoms with Crippen molar-refractivity contribution in [1.29, 1.82) is 0 Å². The maximum Gasteiger partial charge on any atom is 0.416 e. The van der Waals surface area contributed by atoms with Gasteiger partial charge < -0.3 is 5.11 Å². The number of hydrogen-bond acceptors (Lipinski definition) is 3. The van der Waals surface area contributed by atoms with Crippen molar-refractivity contribution < 1.29 is 39.9 Å². The predicted octanol–water partition coefficient (Wildman–Crippen LogP) is 2.22. The lowest BCUT2D eigenvalue weighted by molar-refractivity contribution is -0.137. The molecule has 21 heavy (non-hydrogen) atoms. The summed E-state index contributed by atoms with van der Waals surface area (Å²) < 4.78 is 97.8. The van der Waals surface area contributed by atoms with Gasteiger partial charge in [-0.2, -0.15) is 39.5 Å². The number of hydrogen-bond donors (Lipinski definition) is 3. The van der Waals surface area contributed by atoms with Gasteiger partial charge in [-0.15, -0.1) is 0 Å². The zero-order valence-corrected chi connectivity index (χ0v) is 10.7. The van der Waals surface area contributed by atoms with Crippen LogP contribution in [0, 0.1) is 0 Å². The van der Waals surface area contributed by atoms with Crippen LogP contribution in [0.3, 0.4) is 0 Å². The van der Waals surface area contributed by atoms with Crippen molar-refractivity contribution >= 4 is 15.9 Å². The summed E-state index contributed by atoms with van der Waals surface area (Å²) in [6.07, 6.45) is -9.65. The SMILES string of the molecule is O=S(=O)(NCC(F)(F)F)Nc1cc(C(F)(F)F)ccc1O. The van der Waals surface area contributed by atoms with Gasteiger partial charge in [0, 0.05) is 0 Å². The number of nitrogens with one attached hydrogen (secondary N) is 2. The van der Waals surface area contributed by atoms with Gasteiger partial charge in [-0.05, 0) is 18.2 Å². The van der Waals surface area contributed by atoms with Crippen LogP contribution >= 0.6 is 0 Å². The first-order valence-corrected chi connectivity index (χ1v) is 6.53. The van der Waals surface area contributed by atoms with E-state index in [2.05, 4.69) is 0 Å². The second kappa shape index (κ2) is 5.60. The zero-order chi connectivity index (χ0) is 16.5. The van der Waals surface area contributed by atoms with Crippen LogP contribution in [-0.4, -0.2) is 26.2 Å². The summed E-state index contributed by atoms with van der Waals surface area (Å²) in [4.78, 5) is 0. The predicted molar refractivity (Wildman–Crippen MR) is 59.7 cm³/mol. The van der Waals surface area contributed by atoms with Gasteiger partial charge in [-0.3, -0.25) is 4.72 Å². The molecule has 120 valence electrons. The molecule has 0 amide bonds. The molecule has 12 heteroatoms. The highest BCUT2D eigenvalue weighted by Crippen LogP contribution is 2.34. The molecule has 0 saturated carbocycles. The number of phenols is 1. The topological polar surface area (TPSA) is 78.4 Å². The van der Waals surface area contributed by atoms with Gasteiger partial charge in [0.25, 0.3) is 10.2 Å². The second-order valence-electron chi connectivity index (χ2n) is 3.77. The highest BCUT2D eigenvalue weighted by molar-refractivity contribution is 7.90. The van der Waals surface area contributed by atoms with E-state index in [4.69, 9.17) is 0 Å². The molecule has 0 fully saturated rings. The van der Waals surface area contributed by atoms with E-state index in [1.165, 1.54) is 4.72 Å². The minimum absolute atomic E-state index is 0.252. The Labute approximate surface area is 114 Å². The maximum absolute atomic E-state index is 12.4. The van der Waals surface area contributed by atoms with E-state index in [9.17, 15) is 39.9 Å². The van der Waals surface area contributed by atoms with Gasteiger partial charge in [-0.25, -0.2) is 0 Å². The van der Waals surface area contributed by atoms with E-state index >= 15 is 0 Å². The summed E-state index contributed by atoms with van der Waals surface area (Å²) in [5.74, 6) is -0.875. The van der Waals surface area contributed by atoms with Crippen LogP contribution in [0.1, 0.15) is 5.56 Å². The quantitative estimate of drug-likeness (QED) is 0.582. The summed E-state index contributed by atoms with van der Waals surface area (Å²) in [6, 6.07) is 1.29. The minimum Gasteiger partial charge on any atom is -0.506 e. The standard InChI is InChI=1S/C9H8F6N2O3S/c10-8(11,12)4-16-21(19,20)17-6-3-5(9(13,14)15)1-2-7(6)18/h1-3,16-18H,4H2. The van der Waals surface area contributed by atoms with Crippen LogP contribution < -0.4 is 9.44 Å². The molecule has 1 aromatic rings. The Morgan fingerprint density at radius 2 is 1.67 bits per heavy atom. The monoisotopic (exact) mass is 338 g/mol. The molecule has 0 aliphatic rings. The van der Waals surface area contributed by atoms with Crippen LogP contribution in [0.2, 0.25) is 0 Å². The minimum atomic E-state index is -4.84. The van der Waals surface area contributed by atoms with Crippen LogP contribution in [0.25, 0.3) is 0 Å². The summed E-state index contributed by atoms with van der Waals surface area (Å²) in [5.41, 5.74) is -2.19. The Kier molecular flexibility index (Phi) is 4.63. The largest absolute Gasteiger partial charge is 0.506 e. The number of phenolic OH excluding ortho intramolecular Hbond substituents is 1. The van der Waals surface area contributed by atoms with Crippen molar-refractivity contribution in [1.82, 2.24) is 4.72 Å². The molecule has 0 aliphatic carbocycles.